The van der Waals surface area contributed by atoms with E-state index in [1.54, 1.807) is 6.40 Å². The van der Waals surface area contributed by atoms with Crippen LogP contribution in [0.25, 0.3) is 0 Å². The van der Waals surface area contributed by atoms with Gasteiger partial charge in [0.05, 0.1) is 11.5 Å². The number of rotatable bonds is 11. The molecule has 4 aliphatic carbocycles. The Morgan fingerprint density at radius 3 is 2.59 bits per heavy atom. The van der Waals surface area contributed by atoms with E-state index < -0.39 is 5.41 Å². The number of unbranched alkanes of at least 4 members (excludes halogenated alkanes) is 5. The standard InChI is InChI=1S/C31H44N2O4/c1-4-5-6-7-8-9-13-32-19-37-31-16-21-14-22(17-31)26(23(15-21)18-31)33-28(30(2,3)29(33)34)24-11-10-12-25-27(24)36-20-35-25/h10-12,19,21-23,26,28H,4-9,13-18,20H2,1-3H3/b32-19+/t21?,22?,23?,26-,28?,31-. The summed E-state index contributed by atoms with van der Waals surface area (Å²) in [6, 6.07) is 6.43. The lowest BCUT2D eigenvalue weighted by molar-refractivity contribution is -0.205. The average Bonchev–Trinajstić information content (AvgIpc) is 3.36. The number of aliphatic imine (C=N–C) groups is 1. The first-order valence-corrected chi connectivity index (χ1v) is 14.8. The van der Waals surface area contributed by atoms with Crippen molar-refractivity contribution < 1.29 is 19.0 Å². The number of nitrogens with zero attached hydrogens (tertiary/aromatic N) is 2. The number of likely N-dealkylation sites (tertiary alicyclic amines) is 1. The van der Waals surface area contributed by atoms with Crippen LogP contribution in [0.5, 0.6) is 11.5 Å². The lowest BCUT2D eigenvalue weighted by Crippen LogP contribution is -2.71. The van der Waals surface area contributed by atoms with Crippen LogP contribution in [0.4, 0.5) is 0 Å². The first-order valence-electron chi connectivity index (χ1n) is 14.8. The van der Waals surface area contributed by atoms with E-state index in [9.17, 15) is 4.79 Å². The highest BCUT2D eigenvalue weighted by molar-refractivity contribution is 5.91. The van der Waals surface area contributed by atoms with Crippen LogP contribution in [-0.4, -0.2) is 42.2 Å². The summed E-state index contributed by atoms with van der Waals surface area (Å²) in [5, 5.41) is 0. The number of para-hydroxylation sites is 1. The van der Waals surface area contributed by atoms with E-state index in [0.29, 0.717) is 17.8 Å². The summed E-state index contributed by atoms with van der Waals surface area (Å²) in [6.45, 7) is 7.56. The van der Waals surface area contributed by atoms with E-state index in [0.717, 1.165) is 49.3 Å². The van der Waals surface area contributed by atoms with E-state index in [2.05, 4.69) is 36.7 Å². The van der Waals surface area contributed by atoms with Crippen molar-refractivity contribution in [3.8, 4) is 11.5 Å². The number of amides is 1. The third-order valence-electron chi connectivity index (χ3n) is 9.98. The molecule has 1 saturated heterocycles. The first kappa shape index (κ1) is 25.1. The maximum absolute atomic E-state index is 13.6. The molecule has 1 aromatic rings. The zero-order valence-electron chi connectivity index (χ0n) is 22.9. The number of ether oxygens (including phenoxy) is 3. The molecule has 6 aliphatic rings. The lowest BCUT2D eigenvalue weighted by atomic mass is 9.50. The van der Waals surface area contributed by atoms with Crippen LogP contribution in [0.1, 0.15) is 103 Å². The van der Waals surface area contributed by atoms with Crippen molar-refractivity contribution in [2.24, 2.45) is 28.2 Å². The monoisotopic (exact) mass is 508 g/mol. The van der Waals surface area contributed by atoms with Crippen LogP contribution in [-0.2, 0) is 9.53 Å². The summed E-state index contributed by atoms with van der Waals surface area (Å²) in [6.07, 6.45) is 15.1. The molecule has 4 saturated carbocycles. The second kappa shape index (κ2) is 9.81. The van der Waals surface area contributed by atoms with Gasteiger partial charge in [0.25, 0.3) is 0 Å². The molecule has 1 aromatic carbocycles. The molecule has 7 rings (SSSR count). The van der Waals surface area contributed by atoms with Crippen molar-refractivity contribution in [2.45, 2.75) is 109 Å². The number of hydrogen-bond acceptors (Lipinski definition) is 5. The van der Waals surface area contributed by atoms with Gasteiger partial charge < -0.3 is 19.1 Å². The quantitative estimate of drug-likeness (QED) is 0.145. The van der Waals surface area contributed by atoms with Crippen molar-refractivity contribution >= 4 is 12.3 Å². The van der Waals surface area contributed by atoms with Gasteiger partial charge >= 0.3 is 0 Å². The SMILES string of the molecule is CCCCCCCC/N=C/O[C@]12CC3CC(C1)[C@@H](N1C(=O)C(C)(C)C1c1cccc4c1OCO4)C(C3)C2. The van der Waals surface area contributed by atoms with Crippen molar-refractivity contribution in [3.63, 3.8) is 0 Å². The fourth-order valence-electron chi connectivity index (χ4n) is 8.57. The van der Waals surface area contributed by atoms with Crippen LogP contribution >= 0.6 is 0 Å². The molecule has 3 unspecified atom stereocenters. The molecule has 2 heterocycles. The van der Waals surface area contributed by atoms with Crippen molar-refractivity contribution in [2.75, 3.05) is 13.3 Å². The minimum atomic E-state index is -0.437. The second-order valence-electron chi connectivity index (χ2n) is 13.0. The van der Waals surface area contributed by atoms with Crippen LogP contribution in [0.2, 0.25) is 0 Å². The van der Waals surface area contributed by atoms with Gasteiger partial charge in [0.2, 0.25) is 12.7 Å². The van der Waals surface area contributed by atoms with Gasteiger partial charge in [-0.15, -0.1) is 0 Å². The fourth-order valence-corrected chi connectivity index (χ4v) is 8.57. The summed E-state index contributed by atoms with van der Waals surface area (Å²) in [7, 11) is 0. The van der Waals surface area contributed by atoms with Gasteiger partial charge in [-0.25, -0.2) is 0 Å². The third-order valence-corrected chi connectivity index (χ3v) is 9.98. The molecular formula is C31H44N2O4. The molecule has 4 bridgehead atoms. The molecule has 6 nitrogen and oxygen atoms in total. The molecule has 0 aromatic heterocycles. The van der Waals surface area contributed by atoms with E-state index in [4.69, 9.17) is 14.2 Å². The Morgan fingerprint density at radius 2 is 1.81 bits per heavy atom. The highest BCUT2D eigenvalue weighted by Crippen LogP contribution is 2.63. The molecule has 202 valence electrons. The molecule has 0 radical (unpaired) electrons. The largest absolute Gasteiger partial charge is 0.477 e. The molecule has 1 amide bonds. The van der Waals surface area contributed by atoms with Gasteiger partial charge in [0.1, 0.15) is 5.60 Å². The molecule has 6 heteroatoms. The van der Waals surface area contributed by atoms with Gasteiger partial charge in [-0.2, -0.15) is 0 Å². The summed E-state index contributed by atoms with van der Waals surface area (Å²) in [5.74, 6) is 3.60. The maximum atomic E-state index is 13.6. The second-order valence-corrected chi connectivity index (χ2v) is 13.0. The van der Waals surface area contributed by atoms with Crippen LogP contribution in [0, 0.1) is 23.2 Å². The normalized spacial score (nSPS) is 34.8. The average molecular weight is 509 g/mol. The number of β-lactam (4-membered cyclic amide) rings is 1. The highest BCUT2D eigenvalue weighted by Gasteiger charge is 2.65. The number of carbonyl (C=O) groups is 1. The summed E-state index contributed by atoms with van der Waals surface area (Å²) in [5.41, 5.74) is 0.579. The van der Waals surface area contributed by atoms with Gasteiger partial charge in [-0.05, 0) is 76.2 Å². The van der Waals surface area contributed by atoms with E-state index in [1.807, 2.05) is 12.1 Å². The Balaban J connectivity index is 1.13. The molecule has 5 fully saturated rings. The third kappa shape index (κ3) is 4.32. The zero-order chi connectivity index (χ0) is 25.6. The van der Waals surface area contributed by atoms with Gasteiger partial charge in [-0.1, -0.05) is 51.2 Å². The predicted molar refractivity (Wildman–Crippen MR) is 144 cm³/mol. The summed E-state index contributed by atoms with van der Waals surface area (Å²) in [4.78, 5) is 20.5. The Morgan fingerprint density at radius 1 is 1.05 bits per heavy atom. The Bertz CT molecular complexity index is 1020. The molecule has 37 heavy (non-hydrogen) atoms. The highest BCUT2D eigenvalue weighted by atomic mass is 16.7. The number of fused-ring (bicyclic) bond motifs is 1. The minimum absolute atomic E-state index is 0.0231. The molecule has 3 atom stereocenters. The molecule has 0 spiro atoms. The molecular weight excluding hydrogens is 464 g/mol. The lowest BCUT2D eigenvalue weighted by Gasteiger charge is -2.66. The Labute approximate surface area is 222 Å². The fraction of sp³-hybridized carbons (Fsp3) is 0.742. The van der Waals surface area contributed by atoms with Gasteiger partial charge in [0, 0.05) is 18.2 Å². The number of carbonyl (C=O) groups excluding carboxylic acids is 1. The van der Waals surface area contributed by atoms with Crippen molar-refractivity contribution in [1.29, 1.82) is 0 Å². The summed E-state index contributed by atoms with van der Waals surface area (Å²) < 4.78 is 18.0. The van der Waals surface area contributed by atoms with Gasteiger partial charge in [0.15, 0.2) is 17.9 Å². The Hall–Kier alpha value is -2.24. The van der Waals surface area contributed by atoms with Crippen molar-refractivity contribution in [1.82, 2.24) is 4.90 Å². The van der Waals surface area contributed by atoms with E-state index in [1.165, 1.54) is 44.9 Å². The van der Waals surface area contributed by atoms with Crippen LogP contribution < -0.4 is 9.47 Å². The maximum Gasteiger partial charge on any atom is 0.231 e. The van der Waals surface area contributed by atoms with Crippen molar-refractivity contribution in [3.05, 3.63) is 23.8 Å². The minimum Gasteiger partial charge on any atom is -0.477 e. The predicted octanol–water partition coefficient (Wildman–Crippen LogP) is 6.68. The van der Waals surface area contributed by atoms with E-state index in [-0.39, 0.29) is 30.4 Å². The number of hydrogen-bond donors (Lipinski definition) is 0. The smallest absolute Gasteiger partial charge is 0.231 e. The van der Waals surface area contributed by atoms with Crippen LogP contribution in [0.3, 0.4) is 0 Å². The number of benzene rings is 1. The summed E-state index contributed by atoms with van der Waals surface area (Å²) >= 11 is 0. The van der Waals surface area contributed by atoms with E-state index >= 15 is 0 Å². The topological polar surface area (TPSA) is 60.4 Å². The first-order chi connectivity index (χ1) is 17.9. The van der Waals surface area contributed by atoms with Crippen LogP contribution in [0.15, 0.2) is 23.2 Å². The Kier molecular flexibility index (Phi) is 6.65. The molecule has 0 N–H and O–H groups in total. The molecule has 2 aliphatic heterocycles. The van der Waals surface area contributed by atoms with Gasteiger partial charge in [-0.3, -0.25) is 9.79 Å². The zero-order valence-corrected chi connectivity index (χ0v) is 22.9.